The summed E-state index contributed by atoms with van der Waals surface area (Å²) < 4.78 is 5.36. The van der Waals surface area contributed by atoms with E-state index < -0.39 is 17.6 Å². The lowest BCUT2D eigenvalue weighted by atomic mass is 9.77. The van der Waals surface area contributed by atoms with Gasteiger partial charge in [-0.1, -0.05) is 43.3 Å². The average Bonchev–Trinajstić information content (AvgIpc) is 3.65. The Kier molecular flexibility index (Phi) is 12.3. The van der Waals surface area contributed by atoms with Crippen molar-refractivity contribution in [2.24, 2.45) is 33.0 Å². The van der Waals surface area contributed by atoms with Crippen LogP contribution in [0.2, 0.25) is 0 Å². The van der Waals surface area contributed by atoms with Crippen LogP contribution in [0.5, 0.6) is 0 Å². The number of Topliss-reactive ketones (excluding diaryl/α,β-unsaturated/α-hetero) is 2. The number of azo groups is 1. The van der Waals surface area contributed by atoms with E-state index in [0.29, 0.717) is 43.1 Å². The number of hydrogen-bond acceptors (Lipinski definition) is 8. The van der Waals surface area contributed by atoms with Crippen molar-refractivity contribution >= 4 is 35.1 Å². The molecule has 0 unspecified atom stereocenters. The third kappa shape index (κ3) is 10.5. The van der Waals surface area contributed by atoms with Gasteiger partial charge in [-0.15, -0.1) is 5.11 Å². The Morgan fingerprint density at radius 1 is 0.902 bits per heavy atom. The number of carbonyl (C=O) groups excluding carboxylic acids is 4. The minimum atomic E-state index is -0.566. The minimum absolute atomic E-state index is 0.0996. The molecule has 2 aliphatic rings. The molecule has 3 aromatic carbocycles. The van der Waals surface area contributed by atoms with Gasteiger partial charge in [-0.05, 0) is 118 Å². The van der Waals surface area contributed by atoms with Gasteiger partial charge in [0.05, 0.1) is 0 Å². The van der Waals surface area contributed by atoms with E-state index in [4.69, 9.17) is 4.74 Å². The normalized spacial score (nSPS) is 17.7. The zero-order valence-corrected chi connectivity index (χ0v) is 30.3. The van der Waals surface area contributed by atoms with Crippen molar-refractivity contribution in [1.82, 2.24) is 5.32 Å². The largest absolute Gasteiger partial charge is 0.444 e. The van der Waals surface area contributed by atoms with Gasteiger partial charge in [-0.25, -0.2) is 9.79 Å². The Bertz CT molecular complexity index is 1780. The van der Waals surface area contributed by atoms with Crippen LogP contribution in [0.4, 0.5) is 10.5 Å². The van der Waals surface area contributed by atoms with Gasteiger partial charge in [-0.2, -0.15) is 5.11 Å². The molecular weight excluding hydrogens is 642 g/mol. The first-order chi connectivity index (χ1) is 24.4. The van der Waals surface area contributed by atoms with Crippen LogP contribution in [0.15, 0.2) is 82.0 Å². The number of anilines is 1. The van der Waals surface area contributed by atoms with Gasteiger partial charge in [0.1, 0.15) is 11.4 Å². The van der Waals surface area contributed by atoms with Crippen LogP contribution in [0, 0.1) is 24.7 Å². The van der Waals surface area contributed by atoms with Gasteiger partial charge < -0.3 is 15.4 Å². The SMILES string of the molecule is CCC(=O)c1ccc(-c2ccc(C[C@H](CC(=O)C3CCC(CNC(=O)OC(C)(C)C)CC3)C(=O)Nc3ccc(C4=NCN=N4)cc3)cc2)c(C)c1. The number of ether oxygens (including phenoxy) is 1. The first-order valence-corrected chi connectivity index (χ1v) is 17.9. The number of amides is 2. The van der Waals surface area contributed by atoms with E-state index in [-0.39, 0.29) is 35.7 Å². The van der Waals surface area contributed by atoms with Crippen LogP contribution in [-0.4, -0.2) is 48.2 Å². The summed E-state index contributed by atoms with van der Waals surface area (Å²) in [5, 5.41) is 13.8. The fourth-order valence-corrected chi connectivity index (χ4v) is 6.69. The fraction of sp³-hybridized carbons (Fsp3) is 0.439. The molecule has 2 N–H and O–H groups in total. The highest BCUT2D eigenvalue weighted by atomic mass is 16.6. The lowest BCUT2D eigenvalue weighted by molar-refractivity contribution is -0.129. The van der Waals surface area contributed by atoms with E-state index in [1.807, 2.05) is 101 Å². The Morgan fingerprint density at radius 2 is 1.59 bits per heavy atom. The van der Waals surface area contributed by atoms with Crippen molar-refractivity contribution in [3.63, 3.8) is 0 Å². The Hall–Kier alpha value is -4.99. The summed E-state index contributed by atoms with van der Waals surface area (Å²) in [7, 11) is 0. The molecule has 1 aliphatic heterocycles. The first-order valence-electron chi connectivity index (χ1n) is 17.9. The third-order valence-corrected chi connectivity index (χ3v) is 9.53. The molecule has 1 saturated carbocycles. The van der Waals surface area contributed by atoms with E-state index >= 15 is 0 Å². The van der Waals surface area contributed by atoms with Gasteiger partial charge in [0, 0.05) is 48.0 Å². The number of alkyl carbamates (subject to hydrolysis) is 1. The number of rotatable bonds is 13. The number of nitrogens with zero attached hydrogens (tertiary/aromatic N) is 3. The highest BCUT2D eigenvalue weighted by molar-refractivity contribution is 6.01. The van der Waals surface area contributed by atoms with Crippen molar-refractivity contribution in [2.45, 2.75) is 85.2 Å². The average molecular weight is 692 g/mol. The zero-order valence-electron chi connectivity index (χ0n) is 30.3. The second kappa shape index (κ2) is 16.8. The topological polar surface area (TPSA) is 139 Å². The molecule has 0 saturated heterocycles. The molecule has 5 rings (SSSR count). The lowest BCUT2D eigenvalue weighted by Gasteiger charge is -2.29. The van der Waals surface area contributed by atoms with Crippen molar-refractivity contribution in [2.75, 3.05) is 18.5 Å². The van der Waals surface area contributed by atoms with Gasteiger partial charge in [0.25, 0.3) is 0 Å². The molecule has 1 fully saturated rings. The number of ketones is 2. The molecule has 268 valence electrons. The Labute approximate surface area is 300 Å². The maximum atomic E-state index is 13.8. The summed E-state index contributed by atoms with van der Waals surface area (Å²) in [5.41, 5.74) is 5.66. The van der Waals surface area contributed by atoms with E-state index in [0.717, 1.165) is 53.5 Å². The fourth-order valence-electron chi connectivity index (χ4n) is 6.69. The predicted molar refractivity (Wildman–Crippen MR) is 199 cm³/mol. The van der Waals surface area contributed by atoms with Gasteiger partial charge in [-0.3, -0.25) is 14.4 Å². The Balaban J connectivity index is 1.25. The van der Waals surface area contributed by atoms with Crippen LogP contribution in [0.25, 0.3) is 11.1 Å². The molecule has 0 radical (unpaired) electrons. The monoisotopic (exact) mass is 691 g/mol. The molecule has 0 spiro atoms. The molecule has 10 nitrogen and oxygen atoms in total. The smallest absolute Gasteiger partial charge is 0.407 e. The first kappa shape index (κ1) is 37.3. The summed E-state index contributed by atoms with van der Waals surface area (Å²) in [5.74, 6) is 0.174. The number of carbonyl (C=O) groups is 4. The molecule has 0 bridgehead atoms. The van der Waals surface area contributed by atoms with Crippen LogP contribution in [0.3, 0.4) is 0 Å². The van der Waals surface area contributed by atoms with Crippen molar-refractivity contribution in [3.8, 4) is 11.1 Å². The van der Waals surface area contributed by atoms with Crippen LogP contribution >= 0.6 is 0 Å². The molecule has 0 aromatic heterocycles. The number of hydrogen-bond donors (Lipinski definition) is 2. The van der Waals surface area contributed by atoms with Crippen LogP contribution < -0.4 is 10.6 Å². The molecule has 1 heterocycles. The molecule has 2 amide bonds. The zero-order chi connectivity index (χ0) is 36.5. The molecule has 1 atom stereocenters. The van der Waals surface area contributed by atoms with E-state index in [1.54, 1.807) is 0 Å². The predicted octanol–water partition coefficient (Wildman–Crippen LogP) is 8.51. The minimum Gasteiger partial charge on any atom is -0.444 e. The van der Waals surface area contributed by atoms with E-state index in [9.17, 15) is 19.2 Å². The van der Waals surface area contributed by atoms with Crippen LogP contribution in [0.1, 0.15) is 93.3 Å². The summed E-state index contributed by atoms with van der Waals surface area (Å²) in [6.45, 7) is 10.2. The lowest BCUT2D eigenvalue weighted by Crippen LogP contribution is -2.37. The van der Waals surface area contributed by atoms with Crippen molar-refractivity contribution in [3.05, 3.63) is 89.0 Å². The molecule has 3 aromatic rings. The van der Waals surface area contributed by atoms with Gasteiger partial charge >= 0.3 is 6.09 Å². The second-order valence-electron chi connectivity index (χ2n) is 14.6. The molecule has 1 aliphatic carbocycles. The van der Waals surface area contributed by atoms with Gasteiger partial charge in [0.15, 0.2) is 18.3 Å². The maximum Gasteiger partial charge on any atom is 0.407 e. The number of aryl methyl sites for hydroxylation is 1. The second-order valence-corrected chi connectivity index (χ2v) is 14.6. The number of aliphatic imine (C=N–C) groups is 1. The van der Waals surface area contributed by atoms with Crippen molar-refractivity contribution in [1.29, 1.82) is 0 Å². The summed E-state index contributed by atoms with van der Waals surface area (Å²) in [6, 6.07) is 21.2. The van der Waals surface area contributed by atoms with E-state index in [1.165, 1.54) is 0 Å². The van der Waals surface area contributed by atoms with Crippen molar-refractivity contribution < 1.29 is 23.9 Å². The number of amidine groups is 1. The molecule has 51 heavy (non-hydrogen) atoms. The summed E-state index contributed by atoms with van der Waals surface area (Å²) >= 11 is 0. The number of nitrogens with one attached hydrogen (secondary N) is 2. The third-order valence-electron chi connectivity index (χ3n) is 9.53. The van der Waals surface area contributed by atoms with Gasteiger partial charge in [0.2, 0.25) is 5.91 Å². The summed E-state index contributed by atoms with van der Waals surface area (Å²) in [6.07, 6.45) is 3.70. The maximum absolute atomic E-state index is 13.8. The van der Waals surface area contributed by atoms with Crippen LogP contribution in [-0.2, 0) is 20.7 Å². The highest BCUT2D eigenvalue weighted by Gasteiger charge is 2.31. The number of benzene rings is 3. The Morgan fingerprint density at radius 3 is 2.20 bits per heavy atom. The quantitative estimate of drug-likeness (QED) is 0.173. The summed E-state index contributed by atoms with van der Waals surface area (Å²) in [4.78, 5) is 56.1. The standard InChI is InChI=1S/C41H49N5O5/c1-6-36(47)32-17-20-35(26(2)21-32)29-11-7-27(8-12-29)22-33(39(49)45-34-18-15-31(16-19-34)38-43-25-44-46-38)23-37(48)30-13-9-28(10-14-30)24-42-40(50)51-41(3,4)5/h7-8,11-12,15-21,28,30,33H,6,9-10,13-14,22-25H2,1-5H3,(H,42,50)(H,45,49)/t28?,30?,33-/m1/s1. The molecular formula is C41H49N5O5. The molecule has 10 heteroatoms. The van der Waals surface area contributed by atoms with E-state index in [2.05, 4.69) is 25.9 Å². The highest BCUT2D eigenvalue weighted by Crippen LogP contribution is 2.32.